The standard InChI is InChI=1S/C23H16Cl3N5OS/c24-17-7-5-15(6-8-17)22-29-30-23(31(22)19-11-9-18(25)10-12-19)33-14-21(32)28-27-13-16-3-1-2-4-20(16)26/h1-13H,14H2,(H,28,32). The number of benzene rings is 3. The van der Waals surface area contributed by atoms with E-state index in [1.54, 1.807) is 36.4 Å². The van der Waals surface area contributed by atoms with Crippen LogP contribution in [0, 0.1) is 0 Å². The molecule has 6 nitrogen and oxygen atoms in total. The maximum atomic E-state index is 12.3. The average molecular weight is 517 g/mol. The van der Waals surface area contributed by atoms with Gasteiger partial charge in [-0.05, 0) is 54.6 Å². The molecule has 0 saturated carbocycles. The van der Waals surface area contributed by atoms with Crippen molar-refractivity contribution in [1.29, 1.82) is 0 Å². The third kappa shape index (κ3) is 5.94. The van der Waals surface area contributed by atoms with Gasteiger partial charge in [0.25, 0.3) is 5.91 Å². The fraction of sp³-hybridized carbons (Fsp3) is 0.0435. The first kappa shape index (κ1) is 23.3. The number of hydrogen-bond acceptors (Lipinski definition) is 5. The van der Waals surface area contributed by atoms with E-state index in [1.165, 1.54) is 18.0 Å². The molecule has 10 heteroatoms. The van der Waals surface area contributed by atoms with E-state index < -0.39 is 0 Å². The van der Waals surface area contributed by atoms with Crippen molar-refractivity contribution in [3.8, 4) is 17.1 Å². The summed E-state index contributed by atoms with van der Waals surface area (Å²) in [5, 5.41) is 15.0. The topological polar surface area (TPSA) is 72.2 Å². The Morgan fingerprint density at radius 3 is 2.30 bits per heavy atom. The van der Waals surface area contributed by atoms with Crippen LogP contribution in [0.3, 0.4) is 0 Å². The number of hydrazone groups is 1. The summed E-state index contributed by atoms with van der Waals surface area (Å²) < 4.78 is 1.87. The largest absolute Gasteiger partial charge is 0.272 e. The maximum absolute atomic E-state index is 12.3. The summed E-state index contributed by atoms with van der Waals surface area (Å²) in [6, 6.07) is 21.8. The minimum absolute atomic E-state index is 0.0895. The van der Waals surface area contributed by atoms with Gasteiger partial charge in [-0.3, -0.25) is 9.36 Å². The molecule has 0 atom stereocenters. The van der Waals surface area contributed by atoms with E-state index >= 15 is 0 Å². The lowest BCUT2D eigenvalue weighted by Crippen LogP contribution is -2.20. The monoisotopic (exact) mass is 515 g/mol. The van der Waals surface area contributed by atoms with Crippen LogP contribution in [0.15, 0.2) is 83.1 Å². The molecule has 166 valence electrons. The molecular weight excluding hydrogens is 501 g/mol. The van der Waals surface area contributed by atoms with E-state index in [-0.39, 0.29) is 11.7 Å². The molecule has 0 radical (unpaired) electrons. The summed E-state index contributed by atoms with van der Waals surface area (Å²) in [6.45, 7) is 0. The van der Waals surface area contributed by atoms with Gasteiger partial charge in [-0.1, -0.05) is 64.8 Å². The Balaban J connectivity index is 1.52. The van der Waals surface area contributed by atoms with Gasteiger partial charge in [0.05, 0.1) is 12.0 Å². The number of rotatable bonds is 7. The van der Waals surface area contributed by atoms with Crippen molar-refractivity contribution in [3.05, 3.63) is 93.4 Å². The second-order valence-corrected chi connectivity index (χ2v) is 8.95. The van der Waals surface area contributed by atoms with Crippen LogP contribution in [0.25, 0.3) is 17.1 Å². The minimum atomic E-state index is -0.290. The van der Waals surface area contributed by atoms with Crippen LogP contribution in [0.2, 0.25) is 15.1 Å². The molecule has 0 aliphatic rings. The Hall–Kier alpha value is -2.84. The highest BCUT2D eigenvalue weighted by atomic mass is 35.5. The van der Waals surface area contributed by atoms with Crippen LogP contribution in [0.1, 0.15) is 5.56 Å². The predicted molar refractivity (Wildman–Crippen MR) is 135 cm³/mol. The summed E-state index contributed by atoms with van der Waals surface area (Å²) >= 11 is 19.4. The second-order valence-electron chi connectivity index (χ2n) is 6.73. The first-order chi connectivity index (χ1) is 16.0. The average Bonchev–Trinajstić information content (AvgIpc) is 3.24. The van der Waals surface area contributed by atoms with Crippen LogP contribution < -0.4 is 5.43 Å². The Morgan fingerprint density at radius 1 is 0.939 bits per heavy atom. The Morgan fingerprint density at radius 2 is 1.61 bits per heavy atom. The Labute approximate surface area is 209 Å². The van der Waals surface area contributed by atoms with E-state index in [0.29, 0.717) is 31.6 Å². The molecular formula is C23H16Cl3N5OS. The summed E-state index contributed by atoms with van der Waals surface area (Å²) in [6.07, 6.45) is 1.50. The van der Waals surface area contributed by atoms with Gasteiger partial charge in [-0.2, -0.15) is 5.10 Å². The number of aromatic nitrogens is 3. The normalized spacial score (nSPS) is 11.1. The van der Waals surface area contributed by atoms with Gasteiger partial charge in [0, 0.05) is 31.9 Å². The number of carbonyl (C=O) groups excluding carboxylic acids is 1. The molecule has 4 rings (SSSR count). The van der Waals surface area contributed by atoms with E-state index in [1.807, 2.05) is 41.0 Å². The van der Waals surface area contributed by atoms with Gasteiger partial charge in [0.1, 0.15) is 0 Å². The number of halogens is 3. The zero-order chi connectivity index (χ0) is 23.2. The molecule has 0 saturated heterocycles. The maximum Gasteiger partial charge on any atom is 0.250 e. The van der Waals surface area contributed by atoms with Crippen molar-refractivity contribution >= 4 is 58.7 Å². The summed E-state index contributed by atoms with van der Waals surface area (Å²) in [5.74, 6) is 0.419. The van der Waals surface area contributed by atoms with Gasteiger partial charge in [0.15, 0.2) is 11.0 Å². The van der Waals surface area contributed by atoms with Crippen LogP contribution in [0.4, 0.5) is 0 Å². The number of carbonyl (C=O) groups is 1. The molecule has 0 aliphatic carbocycles. The van der Waals surface area contributed by atoms with E-state index in [0.717, 1.165) is 11.3 Å². The summed E-state index contributed by atoms with van der Waals surface area (Å²) in [4.78, 5) is 12.3. The molecule has 1 amide bonds. The summed E-state index contributed by atoms with van der Waals surface area (Å²) in [7, 11) is 0. The molecule has 1 aromatic heterocycles. The van der Waals surface area contributed by atoms with Crippen molar-refractivity contribution in [1.82, 2.24) is 20.2 Å². The molecule has 4 aromatic rings. The molecule has 1 N–H and O–H groups in total. The molecule has 1 heterocycles. The molecule has 0 fully saturated rings. The lowest BCUT2D eigenvalue weighted by atomic mass is 10.2. The Kier molecular flexibility index (Phi) is 7.67. The van der Waals surface area contributed by atoms with Crippen molar-refractivity contribution in [2.45, 2.75) is 5.16 Å². The van der Waals surface area contributed by atoms with Crippen LogP contribution >= 0.6 is 46.6 Å². The van der Waals surface area contributed by atoms with Gasteiger partial charge < -0.3 is 0 Å². The van der Waals surface area contributed by atoms with Crippen LogP contribution in [-0.4, -0.2) is 32.6 Å². The first-order valence-electron chi connectivity index (χ1n) is 9.68. The van der Waals surface area contributed by atoms with Crippen LogP contribution in [0.5, 0.6) is 0 Å². The van der Waals surface area contributed by atoms with E-state index in [9.17, 15) is 4.79 Å². The zero-order valence-corrected chi connectivity index (χ0v) is 20.0. The number of nitrogens with one attached hydrogen (secondary N) is 1. The van der Waals surface area contributed by atoms with Crippen molar-refractivity contribution in [2.75, 3.05) is 5.75 Å². The number of thioether (sulfide) groups is 1. The van der Waals surface area contributed by atoms with E-state index in [2.05, 4.69) is 20.7 Å². The van der Waals surface area contributed by atoms with Gasteiger partial charge >= 0.3 is 0 Å². The number of nitrogens with zero attached hydrogens (tertiary/aromatic N) is 4. The highest BCUT2D eigenvalue weighted by Crippen LogP contribution is 2.29. The lowest BCUT2D eigenvalue weighted by Gasteiger charge is -2.10. The van der Waals surface area contributed by atoms with E-state index in [4.69, 9.17) is 34.8 Å². The highest BCUT2D eigenvalue weighted by Gasteiger charge is 2.17. The minimum Gasteiger partial charge on any atom is -0.272 e. The third-order valence-electron chi connectivity index (χ3n) is 4.45. The smallest absolute Gasteiger partial charge is 0.250 e. The zero-order valence-electron chi connectivity index (χ0n) is 17.0. The molecule has 0 aliphatic heterocycles. The molecule has 0 bridgehead atoms. The van der Waals surface area contributed by atoms with Gasteiger partial charge in [-0.15, -0.1) is 10.2 Å². The van der Waals surface area contributed by atoms with Gasteiger partial charge in [0.2, 0.25) is 0 Å². The van der Waals surface area contributed by atoms with Crippen molar-refractivity contribution < 1.29 is 4.79 Å². The lowest BCUT2D eigenvalue weighted by molar-refractivity contribution is -0.118. The second kappa shape index (κ2) is 10.9. The predicted octanol–water partition coefficient (Wildman–Crippen LogP) is 6.14. The van der Waals surface area contributed by atoms with Crippen molar-refractivity contribution in [3.63, 3.8) is 0 Å². The fourth-order valence-electron chi connectivity index (χ4n) is 2.89. The van der Waals surface area contributed by atoms with Crippen molar-refractivity contribution in [2.24, 2.45) is 5.10 Å². The molecule has 3 aromatic carbocycles. The highest BCUT2D eigenvalue weighted by molar-refractivity contribution is 7.99. The third-order valence-corrected chi connectivity index (χ3v) is 6.23. The Bertz CT molecular complexity index is 1290. The SMILES string of the molecule is O=C(CSc1nnc(-c2ccc(Cl)cc2)n1-c1ccc(Cl)cc1)NN=Cc1ccccc1Cl. The molecule has 0 spiro atoms. The van der Waals surface area contributed by atoms with Gasteiger partial charge in [-0.25, -0.2) is 5.43 Å². The van der Waals surface area contributed by atoms with Crippen LogP contribution in [-0.2, 0) is 4.79 Å². The number of amides is 1. The molecule has 0 unspecified atom stereocenters. The summed E-state index contributed by atoms with van der Waals surface area (Å²) in [5.41, 5.74) is 4.86. The first-order valence-corrected chi connectivity index (χ1v) is 11.8. The molecule has 33 heavy (non-hydrogen) atoms. The fourth-order valence-corrected chi connectivity index (χ4v) is 4.07. The quantitative estimate of drug-likeness (QED) is 0.182. The number of hydrogen-bond donors (Lipinski definition) is 1.